The Hall–Kier alpha value is -1.09. The summed E-state index contributed by atoms with van der Waals surface area (Å²) in [5.74, 6) is 0.443. The maximum Gasteiger partial charge on any atom is 0.150 e. The van der Waals surface area contributed by atoms with Gasteiger partial charge in [0.15, 0.2) is 5.82 Å². The van der Waals surface area contributed by atoms with Crippen LogP contribution in [-0.2, 0) is 6.54 Å². The highest BCUT2D eigenvalue weighted by atomic mass is 19.1. The Bertz CT molecular complexity index is 423. The van der Waals surface area contributed by atoms with Crippen molar-refractivity contribution in [2.75, 3.05) is 18.8 Å². The molecule has 3 heteroatoms. The maximum atomic E-state index is 13.8. The Labute approximate surface area is 109 Å². The third-order valence-electron chi connectivity index (χ3n) is 4.00. The van der Waals surface area contributed by atoms with Crippen molar-refractivity contribution in [3.63, 3.8) is 0 Å². The minimum atomic E-state index is -0.253. The van der Waals surface area contributed by atoms with Crippen LogP contribution in [0.3, 0.4) is 0 Å². The maximum absolute atomic E-state index is 13.8. The van der Waals surface area contributed by atoms with E-state index in [-0.39, 0.29) is 11.5 Å². The summed E-state index contributed by atoms with van der Waals surface area (Å²) in [6, 6.07) is 5.27. The summed E-state index contributed by atoms with van der Waals surface area (Å²) in [5.41, 5.74) is 6.90. The Balaban J connectivity index is 2.02. The van der Waals surface area contributed by atoms with Gasteiger partial charge in [-0.05, 0) is 30.4 Å². The highest BCUT2D eigenvalue weighted by Gasteiger charge is 2.31. The first-order valence-corrected chi connectivity index (χ1v) is 6.63. The molecule has 0 amide bonds. The lowest BCUT2D eigenvalue weighted by Crippen LogP contribution is -2.26. The van der Waals surface area contributed by atoms with Crippen LogP contribution in [0.5, 0.6) is 0 Å². The zero-order chi connectivity index (χ0) is 13.3. The largest absolute Gasteiger partial charge is 0.396 e. The molecule has 0 bridgehead atoms. The number of hydrogen-bond donors (Lipinski definition) is 1. The lowest BCUT2D eigenvalue weighted by atomic mass is 9.80. The second kappa shape index (κ2) is 4.88. The molecule has 1 aliphatic heterocycles. The molecule has 100 valence electrons. The first kappa shape index (κ1) is 13.3. The fraction of sp³-hybridized carbons (Fsp3) is 0.600. The molecule has 1 aliphatic rings. The van der Waals surface area contributed by atoms with Crippen molar-refractivity contribution >= 4 is 5.69 Å². The zero-order valence-electron chi connectivity index (χ0n) is 11.5. The number of nitrogens with two attached hydrogens (primary N) is 1. The van der Waals surface area contributed by atoms with E-state index in [0.29, 0.717) is 23.4 Å². The van der Waals surface area contributed by atoms with Gasteiger partial charge in [0.2, 0.25) is 0 Å². The number of nitrogen functional groups attached to an aromatic ring is 1. The van der Waals surface area contributed by atoms with E-state index in [1.165, 1.54) is 6.42 Å². The van der Waals surface area contributed by atoms with Crippen LogP contribution in [0.4, 0.5) is 10.1 Å². The van der Waals surface area contributed by atoms with Gasteiger partial charge in [0.25, 0.3) is 0 Å². The molecule has 2 N–H and O–H groups in total. The van der Waals surface area contributed by atoms with Gasteiger partial charge in [-0.25, -0.2) is 4.39 Å². The molecule has 1 heterocycles. The van der Waals surface area contributed by atoms with Gasteiger partial charge in [0.1, 0.15) is 0 Å². The van der Waals surface area contributed by atoms with Crippen molar-refractivity contribution in [2.24, 2.45) is 11.3 Å². The predicted octanol–water partition coefficient (Wildman–Crippen LogP) is 3.28. The molecule has 0 aliphatic carbocycles. The molecule has 0 saturated carbocycles. The lowest BCUT2D eigenvalue weighted by Gasteiger charge is -2.27. The van der Waals surface area contributed by atoms with Gasteiger partial charge in [-0.15, -0.1) is 0 Å². The summed E-state index contributed by atoms with van der Waals surface area (Å²) in [5, 5.41) is 0. The molecule has 1 atom stereocenters. The number of nitrogens with zero attached hydrogens (tertiary/aromatic N) is 1. The van der Waals surface area contributed by atoms with Crippen molar-refractivity contribution in [2.45, 2.75) is 33.7 Å². The van der Waals surface area contributed by atoms with E-state index < -0.39 is 0 Å². The van der Waals surface area contributed by atoms with Crippen molar-refractivity contribution in [3.8, 4) is 0 Å². The third kappa shape index (κ3) is 2.83. The van der Waals surface area contributed by atoms with Crippen molar-refractivity contribution in [1.82, 2.24) is 4.90 Å². The van der Waals surface area contributed by atoms with Gasteiger partial charge in [-0.3, -0.25) is 4.90 Å². The summed E-state index contributed by atoms with van der Waals surface area (Å²) in [6.07, 6.45) is 1.20. The molecule has 0 aromatic heterocycles. The smallest absolute Gasteiger partial charge is 0.150 e. The van der Waals surface area contributed by atoms with E-state index in [1.807, 2.05) is 12.1 Å². The molecule has 1 saturated heterocycles. The number of rotatable bonds is 2. The Morgan fingerprint density at radius 1 is 1.39 bits per heavy atom. The lowest BCUT2D eigenvalue weighted by molar-refractivity contribution is 0.225. The van der Waals surface area contributed by atoms with Crippen molar-refractivity contribution < 1.29 is 4.39 Å². The van der Waals surface area contributed by atoms with Gasteiger partial charge in [-0.1, -0.05) is 32.9 Å². The molecular formula is C15H23FN2. The van der Waals surface area contributed by atoms with Crippen LogP contribution in [-0.4, -0.2) is 18.0 Å². The van der Waals surface area contributed by atoms with Crippen molar-refractivity contribution in [3.05, 3.63) is 29.6 Å². The number of anilines is 1. The summed E-state index contributed by atoms with van der Waals surface area (Å²) < 4.78 is 13.8. The van der Waals surface area contributed by atoms with E-state index in [1.54, 1.807) is 6.07 Å². The quantitative estimate of drug-likeness (QED) is 0.816. The Morgan fingerprint density at radius 2 is 2.11 bits per heavy atom. The average molecular weight is 250 g/mol. The molecule has 2 nitrogen and oxygen atoms in total. The van der Waals surface area contributed by atoms with E-state index in [2.05, 4.69) is 25.7 Å². The first-order valence-electron chi connectivity index (χ1n) is 6.63. The molecule has 2 rings (SSSR count). The number of halogens is 1. The minimum absolute atomic E-state index is 0.249. The van der Waals surface area contributed by atoms with E-state index >= 15 is 0 Å². The number of likely N-dealkylation sites (tertiary alicyclic amines) is 1. The highest BCUT2D eigenvalue weighted by molar-refractivity contribution is 5.42. The Kier molecular flexibility index (Phi) is 3.62. The van der Waals surface area contributed by atoms with Crippen LogP contribution in [0.15, 0.2) is 18.2 Å². The monoisotopic (exact) mass is 250 g/mol. The van der Waals surface area contributed by atoms with E-state index in [9.17, 15) is 4.39 Å². The zero-order valence-corrected chi connectivity index (χ0v) is 11.5. The Morgan fingerprint density at radius 3 is 2.72 bits per heavy atom. The summed E-state index contributed by atoms with van der Waals surface area (Å²) >= 11 is 0. The van der Waals surface area contributed by atoms with Gasteiger partial charge < -0.3 is 5.73 Å². The summed E-state index contributed by atoms with van der Waals surface area (Å²) in [7, 11) is 0. The summed E-state index contributed by atoms with van der Waals surface area (Å²) in [6.45, 7) is 9.62. The fourth-order valence-corrected chi connectivity index (χ4v) is 2.65. The molecule has 1 unspecified atom stereocenters. The molecule has 1 fully saturated rings. The van der Waals surface area contributed by atoms with Gasteiger partial charge >= 0.3 is 0 Å². The molecule has 0 radical (unpaired) electrons. The van der Waals surface area contributed by atoms with Gasteiger partial charge in [0, 0.05) is 18.7 Å². The standard InChI is InChI=1S/C15H23FN2/c1-15(2,3)12-7-8-18(10-12)9-11-5-4-6-13(17)14(11)16/h4-6,12H,7-10,17H2,1-3H3. The van der Waals surface area contributed by atoms with Crippen molar-refractivity contribution in [1.29, 1.82) is 0 Å². The molecule has 18 heavy (non-hydrogen) atoms. The van der Waals surface area contributed by atoms with E-state index in [0.717, 1.165) is 13.1 Å². The fourth-order valence-electron chi connectivity index (χ4n) is 2.65. The average Bonchev–Trinajstić information content (AvgIpc) is 2.73. The number of benzene rings is 1. The van der Waals surface area contributed by atoms with Crippen LogP contribution in [0.25, 0.3) is 0 Å². The highest BCUT2D eigenvalue weighted by Crippen LogP contribution is 2.34. The second-order valence-corrected chi connectivity index (χ2v) is 6.41. The summed E-state index contributed by atoms with van der Waals surface area (Å²) in [4.78, 5) is 2.33. The van der Waals surface area contributed by atoms with Crippen LogP contribution in [0.2, 0.25) is 0 Å². The first-order chi connectivity index (χ1) is 8.38. The topological polar surface area (TPSA) is 29.3 Å². The van der Waals surface area contributed by atoms with E-state index in [4.69, 9.17) is 5.73 Å². The molecule has 0 spiro atoms. The van der Waals surface area contributed by atoms with Gasteiger partial charge in [-0.2, -0.15) is 0 Å². The third-order valence-corrected chi connectivity index (χ3v) is 4.00. The molecule has 1 aromatic rings. The predicted molar refractivity (Wildman–Crippen MR) is 73.7 cm³/mol. The SMILES string of the molecule is CC(C)(C)C1CCN(Cc2cccc(N)c2F)C1. The molecular weight excluding hydrogens is 227 g/mol. The minimum Gasteiger partial charge on any atom is -0.396 e. The normalized spacial score (nSPS) is 21.4. The molecule has 1 aromatic carbocycles. The second-order valence-electron chi connectivity index (χ2n) is 6.41. The number of hydrogen-bond acceptors (Lipinski definition) is 2. The van der Waals surface area contributed by atoms with Crippen LogP contribution in [0.1, 0.15) is 32.8 Å². The van der Waals surface area contributed by atoms with Crippen LogP contribution < -0.4 is 5.73 Å². The van der Waals surface area contributed by atoms with Gasteiger partial charge in [0.05, 0.1) is 5.69 Å². The van der Waals surface area contributed by atoms with Crippen LogP contribution in [0, 0.1) is 17.2 Å². The van der Waals surface area contributed by atoms with Crippen LogP contribution >= 0.6 is 0 Å².